The van der Waals surface area contributed by atoms with Gasteiger partial charge in [0.05, 0.1) is 13.1 Å². The number of benzene rings is 2. The Bertz CT molecular complexity index is 994. The van der Waals surface area contributed by atoms with Gasteiger partial charge in [-0.3, -0.25) is 9.69 Å². The lowest BCUT2D eigenvalue weighted by molar-refractivity contribution is -0.119. The fourth-order valence-corrected chi connectivity index (χ4v) is 3.97. The van der Waals surface area contributed by atoms with Crippen LogP contribution in [0.5, 0.6) is 0 Å². The smallest absolute Gasteiger partial charge is 0.414 e. The van der Waals surface area contributed by atoms with Crippen LogP contribution < -0.4 is 10.2 Å². The monoisotopic (exact) mass is 437 g/mol. The molecule has 8 nitrogen and oxygen atoms in total. The molecule has 2 aromatic rings. The predicted octanol–water partition coefficient (Wildman–Crippen LogP) is 3.23. The Kier molecular flexibility index (Phi) is 6.58. The summed E-state index contributed by atoms with van der Waals surface area (Å²) >= 11 is 0. The highest BCUT2D eigenvalue weighted by atomic mass is 16.6. The molecule has 168 valence electrons. The Hall–Kier alpha value is -3.55. The van der Waals surface area contributed by atoms with Gasteiger partial charge < -0.3 is 19.7 Å². The molecule has 0 saturated carbocycles. The molecule has 2 aliphatic heterocycles. The number of hydrogen-bond acceptors (Lipinski definition) is 5. The van der Waals surface area contributed by atoms with Gasteiger partial charge in [0.2, 0.25) is 5.91 Å². The summed E-state index contributed by atoms with van der Waals surface area (Å²) < 4.78 is 10.9. The van der Waals surface area contributed by atoms with Gasteiger partial charge in [-0.1, -0.05) is 36.4 Å². The Morgan fingerprint density at radius 1 is 1.16 bits per heavy atom. The van der Waals surface area contributed by atoms with Gasteiger partial charge in [-0.2, -0.15) is 0 Å². The van der Waals surface area contributed by atoms with Crippen LogP contribution in [0.15, 0.2) is 48.5 Å². The van der Waals surface area contributed by atoms with Gasteiger partial charge in [0, 0.05) is 25.7 Å². The lowest BCUT2D eigenvalue weighted by Crippen LogP contribution is -2.33. The van der Waals surface area contributed by atoms with Crippen LogP contribution in [0.4, 0.5) is 15.3 Å². The number of anilines is 1. The Labute approximate surface area is 187 Å². The summed E-state index contributed by atoms with van der Waals surface area (Å²) in [6.45, 7) is 3.44. The molecule has 3 amide bonds. The van der Waals surface area contributed by atoms with Crippen molar-refractivity contribution in [2.45, 2.75) is 39.0 Å². The topological polar surface area (TPSA) is 88.2 Å². The zero-order valence-electron chi connectivity index (χ0n) is 18.1. The summed E-state index contributed by atoms with van der Waals surface area (Å²) in [6.07, 6.45) is 0.505. The zero-order valence-corrected chi connectivity index (χ0v) is 18.1. The number of carbonyl (C=O) groups is 3. The molecule has 0 unspecified atom stereocenters. The van der Waals surface area contributed by atoms with Crippen LogP contribution in [-0.4, -0.2) is 48.7 Å². The van der Waals surface area contributed by atoms with Crippen molar-refractivity contribution < 1.29 is 23.9 Å². The first kappa shape index (κ1) is 21.7. The lowest BCUT2D eigenvalue weighted by Gasteiger charge is -2.21. The largest absolute Gasteiger partial charge is 0.445 e. The molecule has 2 aromatic carbocycles. The Morgan fingerprint density at radius 2 is 1.97 bits per heavy atom. The van der Waals surface area contributed by atoms with Crippen LogP contribution in [0, 0.1) is 0 Å². The van der Waals surface area contributed by atoms with E-state index in [2.05, 4.69) is 5.32 Å². The molecule has 8 heteroatoms. The summed E-state index contributed by atoms with van der Waals surface area (Å²) in [5.41, 5.74) is 3.87. The predicted molar refractivity (Wildman–Crippen MR) is 118 cm³/mol. The first-order valence-corrected chi connectivity index (χ1v) is 10.8. The van der Waals surface area contributed by atoms with Crippen molar-refractivity contribution in [3.8, 4) is 0 Å². The van der Waals surface area contributed by atoms with Crippen molar-refractivity contribution >= 4 is 23.8 Å². The number of ether oxygens (including phenoxy) is 2. The van der Waals surface area contributed by atoms with E-state index in [1.807, 2.05) is 48.5 Å². The molecule has 0 radical (unpaired) electrons. The molecule has 1 fully saturated rings. The number of nitrogens with zero attached hydrogens (tertiary/aromatic N) is 2. The molecule has 0 aromatic heterocycles. The van der Waals surface area contributed by atoms with E-state index in [4.69, 9.17) is 9.47 Å². The number of hydrogen-bond donors (Lipinski definition) is 1. The third kappa shape index (κ3) is 5.19. The van der Waals surface area contributed by atoms with Crippen molar-refractivity contribution in [3.05, 3.63) is 65.2 Å². The molecule has 32 heavy (non-hydrogen) atoms. The summed E-state index contributed by atoms with van der Waals surface area (Å²) in [4.78, 5) is 39.3. The van der Waals surface area contributed by atoms with E-state index in [0.29, 0.717) is 26.2 Å². The second-order valence-corrected chi connectivity index (χ2v) is 8.07. The minimum Gasteiger partial charge on any atom is -0.445 e. The van der Waals surface area contributed by atoms with Crippen LogP contribution in [0.2, 0.25) is 0 Å². The number of amides is 3. The van der Waals surface area contributed by atoms with E-state index in [9.17, 15) is 14.4 Å². The van der Waals surface area contributed by atoms with Crippen molar-refractivity contribution in [2.24, 2.45) is 0 Å². The summed E-state index contributed by atoms with van der Waals surface area (Å²) in [6, 6.07) is 15.4. The molecule has 4 rings (SSSR count). The van der Waals surface area contributed by atoms with Crippen molar-refractivity contribution in [1.82, 2.24) is 10.2 Å². The molecule has 0 aliphatic carbocycles. The molecule has 1 atom stereocenters. The van der Waals surface area contributed by atoms with Gasteiger partial charge in [-0.05, 0) is 41.7 Å². The molecule has 1 saturated heterocycles. The average molecular weight is 437 g/mol. The van der Waals surface area contributed by atoms with Gasteiger partial charge in [0.25, 0.3) is 0 Å². The fraction of sp³-hybridized carbons (Fsp3) is 0.375. The number of carbonyl (C=O) groups excluding carboxylic acids is 3. The zero-order chi connectivity index (χ0) is 22.5. The minimum atomic E-state index is -0.417. The molecule has 2 aliphatic rings. The number of aryl methyl sites for hydroxylation is 1. The van der Waals surface area contributed by atoms with E-state index in [-0.39, 0.29) is 24.7 Å². The first-order valence-electron chi connectivity index (χ1n) is 10.8. The van der Waals surface area contributed by atoms with Gasteiger partial charge in [-0.15, -0.1) is 0 Å². The fourth-order valence-electron chi connectivity index (χ4n) is 3.97. The van der Waals surface area contributed by atoms with Crippen LogP contribution in [0.1, 0.15) is 30.0 Å². The summed E-state index contributed by atoms with van der Waals surface area (Å²) in [7, 11) is 0. The van der Waals surface area contributed by atoms with Crippen LogP contribution in [0.3, 0.4) is 0 Å². The van der Waals surface area contributed by atoms with Gasteiger partial charge in [0.1, 0.15) is 12.7 Å². The number of rotatable bonds is 5. The molecular weight excluding hydrogens is 410 g/mol. The van der Waals surface area contributed by atoms with E-state index >= 15 is 0 Å². The molecule has 0 spiro atoms. The highest BCUT2D eigenvalue weighted by Gasteiger charge is 2.33. The first-order chi connectivity index (χ1) is 15.5. The average Bonchev–Trinajstić information content (AvgIpc) is 3.03. The van der Waals surface area contributed by atoms with E-state index < -0.39 is 6.09 Å². The standard InChI is InChI=1S/C24H27N3O5/c1-17(28)25-13-22-15-27(24(30)32-22)21-10-9-20-14-26(11-5-8-19(20)12-21)23(29)31-16-18-6-3-2-4-7-18/h2-4,6-7,9-10,12,22H,5,8,11,13-16H2,1H3,(H,25,28)/t22-/m0/s1. The molecular formula is C24H27N3O5. The van der Waals surface area contributed by atoms with Crippen molar-refractivity contribution in [1.29, 1.82) is 0 Å². The van der Waals surface area contributed by atoms with E-state index in [1.54, 1.807) is 9.80 Å². The lowest BCUT2D eigenvalue weighted by atomic mass is 10.0. The maximum absolute atomic E-state index is 12.6. The van der Waals surface area contributed by atoms with E-state index in [1.165, 1.54) is 6.92 Å². The second-order valence-electron chi connectivity index (χ2n) is 8.07. The normalized spacial score (nSPS) is 17.9. The van der Waals surface area contributed by atoms with Crippen LogP contribution >= 0.6 is 0 Å². The highest BCUT2D eigenvalue weighted by molar-refractivity contribution is 5.90. The second kappa shape index (κ2) is 9.72. The SMILES string of the molecule is CC(=O)NC[C@H]1CN(c2ccc3c(c2)CCCN(C(=O)OCc2ccccc2)C3)C(=O)O1. The quantitative estimate of drug-likeness (QED) is 0.776. The maximum Gasteiger partial charge on any atom is 0.414 e. The van der Waals surface area contributed by atoms with Crippen LogP contribution in [0.25, 0.3) is 0 Å². The third-order valence-electron chi connectivity index (χ3n) is 5.65. The molecule has 2 heterocycles. The summed E-state index contributed by atoms with van der Waals surface area (Å²) in [5.74, 6) is -0.156. The number of cyclic esters (lactones) is 1. The molecule has 0 bridgehead atoms. The maximum atomic E-state index is 12.6. The number of nitrogens with one attached hydrogen (secondary N) is 1. The van der Waals surface area contributed by atoms with E-state index in [0.717, 1.165) is 35.2 Å². The van der Waals surface area contributed by atoms with Crippen molar-refractivity contribution in [3.63, 3.8) is 0 Å². The summed E-state index contributed by atoms with van der Waals surface area (Å²) in [5, 5.41) is 2.68. The van der Waals surface area contributed by atoms with Gasteiger partial charge in [-0.25, -0.2) is 9.59 Å². The Morgan fingerprint density at radius 3 is 2.75 bits per heavy atom. The Balaban J connectivity index is 1.39. The number of fused-ring (bicyclic) bond motifs is 1. The van der Waals surface area contributed by atoms with Crippen molar-refractivity contribution in [2.75, 3.05) is 24.5 Å². The highest BCUT2D eigenvalue weighted by Crippen LogP contribution is 2.28. The minimum absolute atomic E-state index is 0.156. The van der Waals surface area contributed by atoms with Gasteiger partial charge in [0.15, 0.2) is 0 Å². The van der Waals surface area contributed by atoms with Gasteiger partial charge >= 0.3 is 12.2 Å². The van der Waals surface area contributed by atoms with Crippen LogP contribution in [-0.2, 0) is 33.8 Å². The third-order valence-corrected chi connectivity index (χ3v) is 5.65. The molecule has 1 N–H and O–H groups in total.